The summed E-state index contributed by atoms with van der Waals surface area (Å²) in [7, 11) is 2.06. The molecule has 0 spiro atoms. The lowest BCUT2D eigenvalue weighted by molar-refractivity contribution is 0.589. The summed E-state index contributed by atoms with van der Waals surface area (Å²) in [4.78, 5) is 0. The molecule has 16 heavy (non-hydrogen) atoms. The Kier molecular flexibility index (Phi) is 2.79. The molecular weight excluding hydrogens is 244 g/mol. The van der Waals surface area contributed by atoms with E-state index in [-0.39, 0.29) is 0 Å². The Morgan fingerprint density at radius 1 is 1.25 bits per heavy atom. The van der Waals surface area contributed by atoms with Gasteiger partial charge in [-0.1, -0.05) is 18.2 Å². The van der Waals surface area contributed by atoms with Crippen molar-refractivity contribution in [3.8, 4) is 0 Å². The maximum atomic E-state index is 11.5. The van der Waals surface area contributed by atoms with Gasteiger partial charge < -0.3 is 0 Å². The van der Waals surface area contributed by atoms with Crippen LogP contribution in [-0.2, 0) is 15.5 Å². The second-order valence-electron chi connectivity index (χ2n) is 4.67. The Bertz CT molecular complexity index is 496. The Labute approximate surface area is 101 Å². The molecule has 88 valence electrons. The van der Waals surface area contributed by atoms with E-state index >= 15 is 0 Å². The molecule has 0 saturated heterocycles. The Balaban J connectivity index is 2.36. The van der Waals surface area contributed by atoms with E-state index in [0.717, 1.165) is 16.7 Å². The van der Waals surface area contributed by atoms with Gasteiger partial charge in [0.15, 0.2) is 0 Å². The Morgan fingerprint density at radius 2 is 1.75 bits per heavy atom. The minimum Gasteiger partial charge on any atom is -0.212 e. The van der Waals surface area contributed by atoms with Gasteiger partial charge in [-0.15, -0.1) is 0 Å². The minimum atomic E-state index is -3.45. The molecule has 0 unspecified atom stereocenters. The quantitative estimate of drug-likeness (QED) is 0.782. The van der Waals surface area contributed by atoms with Crippen molar-refractivity contribution in [2.45, 2.75) is 37.9 Å². The number of aryl methyl sites for hydroxylation is 2. The number of benzene rings is 1. The third-order valence-electron chi connectivity index (χ3n) is 3.47. The second kappa shape index (κ2) is 3.74. The average molecular weight is 259 g/mol. The van der Waals surface area contributed by atoms with Crippen molar-refractivity contribution in [2.75, 3.05) is 0 Å². The van der Waals surface area contributed by atoms with Crippen molar-refractivity contribution in [2.24, 2.45) is 0 Å². The topological polar surface area (TPSA) is 34.1 Å². The number of hydrogen-bond acceptors (Lipinski definition) is 2. The first kappa shape index (κ1) is 11.9. The van der Waals surface area contributed by atoms with Crippen LogP contribution in [0.4, 0.5) is 0 Å². The van der Waals surface area contributed by atoms with Gasteiger partial charge in [0.05, 0.1) is 4.75 Å². The van der Waals surface area contributed by atoms with Gasteiger partial charge in [-0.3, -0.25) is 0 Å². The summed E-state index contributed by atoms with van der Waals surface area (Å²) in [6, 6.07) is 6.02. The van der Waals surface area contributed by atoms with Crippen LogP contribution in [0.1, 0.15) is 29.5 Å². The second-order valence-corrected chi connectivity index (χ2v) is 7.63. The zero-order valence-corrected chi connectivity index (χ0v) is 11.0. The molecule has 0 bridgehead atoms. The van der Waals surface area contributed by atoms with Crippen molar-refractivity contribution in [3.05, 3.63) is 34.9 Å². The zero-order chi connectivity index (χ0) is 12.0. The van der Waals surface area contributed by atoms with Crippen LogP contribution in [0.2, 0.25) is 0 Å². The largest absolute Gasteiger partial charge is 0.238 e. The first-order chi connectivity index (χ1) is 7.36. The predicted octanol–water partition coefficient (Wildman–Crippen LogP) is 2.95. The van der Waals surface area contributed by atoms with Gasteiger partial charge >= 0.3 is 0 Å². The smallest absolute Gasteiger partial charge is 0.212 e. The van der Waals surface area contributed by atoms with Gasteiger partial charge in [-0.05, 0) is 49.8 Å². The molecule has 1 saturated carbocycles. The van der Waals surface area contributed by atoms with E-state index in [4.69, 9.17) is 10.7 Å². The van der Waals surface area contributed by atoms with Crippen LogP contribution in [-0.4, -0.2) is 13.2 Å². The van der Waals surface area contributed by atoms with Gasteiger partial charge in [0.2, 0.25) is 9.05 Å². The SMILES string of the molecule is Cc1cccc(C)c1CC1(S(=O)(=O)Cl)CC1. The molecule has 2 rings (SSSR count). The normalized spacial score (nSPS) is 18.4. The summed E-state index contributed by atoms with van der Waals surface area (Å²) in [5, 5.41) is 0. The Hall–Kier alpha value is -0.540. The summed E-state index contributed by atoms with van der Waals surface area (Å²) in [6.07, 6.45) is 1.93. The Morgan fingerprint density at radius 3 is 2.12 bits per heavy atom. The van der Waals surface area contributed by atoms with Gasteiger partial charge in [0.1, 0.15) is 0 Å². The summed E-state index contributed by atoms with van der Waals surface area (Å²) >= 11 is 0. The van der Waals surface area contributed by atoms with Crippen molar-refractivity contribution < 1.29 is 8.42 Å². The van der Waals surface area contributed by atoms with Crippen LogP contribution in [0.3, 0.4) is 0 Å². The van der Waals surface area contributed by atoms with Crippen molar-refractivity contribution in [3.63, 3.8) is 0 Å². The van der Waals surface area contributed by atoms with Crippen LogP contribution in [0.15, 0.2) is 18.2 Å². The molecule has 0 N–H and O–H groups in total. The van der Waals surface area contributed by atoms with Crippen LogP contribution in [0.5, 0.6) is 0 Å². The standard InChI is InChI=1S/C12H15ClO2S/c1-9-4-3-5-10(2)11(9)8-12(6-7-12)16(13,14)15/h3-5H,6-8H2,1-2H3. The van der Waals surface area contributed by atoms with E-state index in [1.54, 1.807) is 0 Å². The van der Waals surface area contributed by atoms with Crippen LogP contribution >= 0.6 is 10.7 Å². The van der Waals surface area contributed by atoms with Crippen LogP contribution < -0.4 is 0 Å². The molecule has 1 aromatic carbocycles. The third-order valence-corrected chi connectivity index (χ3v) is 6.04. The molecule has 0 amide bonds. The van der Waals surface area contributed by atoms with E-state index in [0.29, 0.717) is 19.3 Å². The highest BCUT2D eigenvalue weighted by atomic mass is 35.7. The summed E-state index contributed by atoms with van der Waals surface area (Å²) in [5.41, 5.74) is 3.42. The van der Waals surface area contributed by atoms with Crippen LogP contribution in [0, 0.1) is 13.8 Å². The van der Waals surface area contributed by atoms with Gasteiger partial charge in [0, 0.05) is 10.7 Å². The van der Waals surface area contributed by atoms with Gasteiger partial charge in [-0.25, -0.2) is 8.42 Å². The summed E-state index contributed by atoms with van der Waals surface area (Å²) < 4.78 is 22.3. The molecule has 1 fully saturated rings. The van der Waals surface area contributed by atoms with Crippen LogP contribution in [0.25, 0.3) is 0 Å². The van der Waals surface area contributed by atoms with E-state index in [9.17, 15) is 8.42 Å². The molecule has 0 radical (unpaired) electrons. The minimum absolute atomic E-state index is 0.553. The highest BCUT2D eigenvalue weighted by molar-refractivity contribution is 8.15. The van der Waals surface area contributed by atoms with E-state index < -0.39 is 13.8 Å². The first-order valence-electron chi connectivity index (χ1n) is 5.35. The molecular formula is C12H15ClO2S. The highest BCUT2D eigenvalue weighted by Gasteiger charge is 2.53. The number of hydrogen-bond donors (Lipinski definition) is 0. The molecule has 0 aromatic heterocycles. The van der Waals surface area contributed by atoms with Gasteiger partial charge in [0.25, 0.3) is 0 Å². The monoisotopic (exact) mass is 258 g/mol. The van der Waals surface area contributed by atoms with Crippen molar-refractivity contribution in [1.82, 2.24) is 0 Å². The number of rotatable bonds is 3. The maximum absolute atomic E-state index is 11.5. The van der Waals surface area contributed by atoms with Gasteiger partial charge in [-0.2, -0.15) is 0 Å². The fourth-order valence-electron chi connectivity index (χ4n) is 2.10. The lowest BCUT2D eigenvalue weighted by atomic mass is 9.98. The summed E-state index contributed by atoms with van der Waals surface area (Å²) in [6.45, 7) is 4.03. The van der Waals surface area contributed by atoms with E-state index in [1.807, 2.05) is 32.0 Å². The zero-order valence-electron chi connectivity index (χ0n) is 9.46. The molecule has 0 atom stereocenters. The fraction of sp³-hybridized carbons (Fsp3) is 0.500. The lowest BCUT2D eigenvalue weighted by Crippen LogP contribution is -2.22. The lowest BCUT2D eigenvalue weighted by Gasteiger charge is -2.15. The first-order valence-corrected chi connectivity index (χ1v) is 7.66. The van der Waals surface area contributed by atoms with Crippen molar-refractivity contribution in [1.29, 1.82) is 0 Å². The number of halogens is 1. The molecule has 0 heterocycles. The van der Waals surface area contributed by atoms with Crippen molar-refractivity contribution >= 4 is 19.7 Å². The molecule has 2 nitrogen and oxygen atoms in total. The molecule has 4 heteroatoms. The highest BCUT2D eigenvalue weighted by Crippen LogP contribution is 2.48. The third kappa shape index (κ3) is 1.98. The fourth-order valence-corrected chi connectivity index (χ4v) is 3.63. The molecule has 1 aliphatic carbocycles. The maximum Gasteiger partial charge on any atom is 0.238 e. The average Bonchev–Trinajstić information content (AvgIpc) is 2.91. The van der Waals surface area contributed by atoms with E-state index in [1.165, 1.54) is 0 Å². The predicted molar refractivity (Wildman–Crippen MR) is 66.4 cm³/mol. The van der Waals surface area contributed by atoms with E-state index in [2.05, 4.69) is 0 Å². The molecule has 1 aromatic rings. The molecule has 1 aliphatic rings. The molecule has 0 aliphatic heterocycles. The summed E-state index contributed by atoms with van der Waals surface area (Å²) in [5.74, 6) is 0.